The molecule has 2 N–H and O–H groups in total. The van der Waals surface area contributed by atoms with Crippen molar-refractivity contribution >= 4 is 5.91 Å². The van der Waals surface area contributed by atoms with Crippen molar-refractivity contribution in [2.75, 3.05) is 13.1 Å². The second-order valence-corrected chi connectivity index (χ2v) is 8.51. The number of piperidine rings is 1. The molecule has 1 saturated heterocycles. The van der Waals surface area contributed by atoms with E-state index in [-0.39, 0.29) is 11.9 Å². The summed E-state index contributed by atoms with van der Waals surface area (Å²) < 4.78 is 1.80. The SMILES string of the molecule is N#Cc1ccc(-n2nc(C(=O)N3CCC(N)CC3)cc2-c2ccc(C3CC3)cc2)cc1. The lowest BCUT2D eigenvalue weighted by molar-refractivity contribution is 0.0708. The van der Waals surface area contributed by atoms with E-state index in [2.05, 4.69) is 35.4 Å². The monoisotopic (exact) mass is 411 g/mol. The van der Waals surface area contributed by atoms with Gasteiger partial charge in [0.05, 0.1) is 23.0 Å². The van der Waals surface area contributed by atoms with Crippen LogP contribution in [0.1, 0.15) is 53.2 Å². The number of carbonyl (C=O) groups excluding carboxylic acids is 1. The Labute approximate surface area is 181 Å². The normalized spacial score (nSPS) is 16.8. The van der Waals surface area contributed by atoms with E-state index in [0.29, 0.717) is 30.3 Å². The Kier molecular flexibility index (Phi) is 5.05. The minimum absolute atomic E-state index is 0.0601. The third kappa shape index (κ3) is 3.97. The topological polar surface area (TPSA) is 87.9 Å². The smallest absolute Gasteiger partial charge is 0.274 e. The fourth-order valence-corrected chi connectivity index (χ4v) is 4.17. The zero-order valence-corrected chi connectivity index (χ0v) is 17.4. The van der Waals surface area contributed by atoms with Gasteiger partial charge >= 0.3 is 0 Å². The number of nitrogens with zero attached hydrogens (tertiary/aromatic N) is 4. The van der Waals surface area contributed by atoms with E-state index in [0.717, 1.165) is 29.8 Å². The van der Waals surface area contributed by atoms with E-state index in [9.17, 15) is 4.79 Å². The summed E-state index contributed by atoms with van der Waals surface area (Å²) >= 11 is 0. The van der Waals surface area contributed by atoms with Crippen molar-refractivity contribution in [1.82, 2.24) is 14.7 Å². The average molecular weight is 412 g/mol. The van der Waals surface area contributed by atoms with Crippen LogP contribution in [0, 0.1) is 11.3 Å². The largest absolute Gasteiger partial charge is 0.337 e. The van der Waals surface area contributed by atoms with Gasteiger partial charge in [-0.3, -0.25) is 4.79 Å². The highest BCUT2D eigenvalue weighted by atomic mass is 16.2. The summed E-state index contributed by atoms with van der Waals surface area (Å²) in [6.45, 7) is 1.32. The Morgan fingerprint density at radius 3 is 2.29 bits per heavy atom. The molecule has 2 fully saturated rings. The molecular weight excluding hydrogens is 386 g/mol. The summed E-state index contributed by atoms with van der Waals surface area (Å²) in [6, 6.07) is 20.0. The van der Waals surface area contributed by atoms with Gasteiger partial charge in [-0.2, -0.15) is 10.4 Å². The minimum atomic E-state index is -0.0601. The molecule has 0 atom stereocenters. The number of hydrogen-bond donors (Lipinski definition) is 1. The van der Waals surface area contributed by atoms with Gasteiger partial charge in [0.15, 0.2) is 5.69 Å². The first-order valence-electron chi connectivity index (χ1n) is 10.9. The van der Waals surface area contributed by atoms with Crippen LogP contribution in [-0.4, -0.2) is 39.7 Å². The van der Waals surface area contributed by atoms with Crippen molar-refractivity contribution in [2.45, 2.75) is 37.6 Å². The standard InChI is InChI=1S/C25H25N5O/c26-16-17-1-9-22(10-2-17)30-24(20-7-5-19(6-8-20)18-3-4-18)15-23(28-30)25(31)29-13-11-21(27)12-14-29/h1-2,5-10,15,18,21H,3-4,11-14,27H2. The summed E-state index contributed by atoms with van der Waals surface area (Å²) in [4.78, 5) is 15.0. The van der Waals surface area contributed by atoms with Crippen LogP contribution in [0.2, 0.25) is 0 Å². The molecule has 0 spiro atoms. The number of rotatable bonds is 4. The zero-order chi connectivity index (χ0) is 21.4. The van der Waals surface area contributed by atoms with Gasteiger partial charge in [-0.1, -0.05) is 24.3 Å². The molecule has 3 aromatic rings. The van der Waals surface area contributed by atoms with Crippen molar-refractivity contribution in [1.29, 1.82) is 5.26 Å². The number of amides is 1. The van der Waals surface area contributed by atoms with Gasteiger partial charge in [0.2, 0.25) is 0 Å². The maximum atomic E-state index is 13.2. The highest BCUT2D eigenvalue weighted by Gasteiger charge is 2.26. The number of likely N-dealkylation sites (tertiary alicyclic amines) is 1. The van der Waals surface area contributed by atoms with Crippen LogP contribution in [0.15, 0.2) is 54.6 Å². The molecule has 0 radical (unpaired) electrons. The van der Waals surface area contributed by atoms with Gasteiger partial charge in [0.1, 0.15) is 0 Å². The third-order valence-corrected chi connectivity index (χ3v) is 6.25. The Hall–Kier alpha value is -3.43. The lowest BCUT2D eigenvalue weighted by Crippen LogP contribution is -2.43. The summed E-state index contributed by atoms with van der Waals surface area (Å²) in [6.07, 6.45) is 4.16. The van der Waals surface area contributed by atoms with Gasteiger partial charge in [0.25, 0.3) is 5.91 Å². The first kappa shape index (κ1) is 19.5. The molecule has 1 aliphatic carbocycles. The molecule has 6 nitrogen and oxygen atoms in total. The van der Waals surface area contributed by atoms with Crippen molar-refractivity contribution in [3.8, 4) is 23.0 Å². The number of aromatic nitrogens is 2. The summed E-state index contributed by atoms with van der Waals surface area (Å²) in [5.41, 5.74) is 11.1. The quantitative estimate of drug-likeness (QED) is 0.706. The number of nitrogens with two attached hydrogens (primary N) is 1. The van der Waals surface area contributed by atoms with E-state index >= 15 is 0 Å². The number of benzene rings is 2. The molecular formula is C25H25N5O. The fraction of sp³-hybridized carbons (Fsp3) is 0.320. The second kappa shape index (κ2) is 8.01. The van der Waals surface area contributed by atoms with Crippen LogP contribution in [0.5, 0.6) is 0 Å². The molecule has 0 unspecified atom stereocenters. The van der Waals surface area contributed by atoms with Gasteiger partial charge in [-0.05, 0) is 67.5 Å². The van der Waals surface area contributed by atoms with Crippen LogP contribution >= 0.6 is 0 Å². The molecule has 156 valence electrons. The number of nitriles is 1. The van der Waals surface area contributed by atoms with Crippen LogP contribution in [0.3, 0.4) is 0 Å². The third-order valence-electron chi connectivity index (χ3n) is 6.25. The lowest BCUT2D eigenvalue weighted by atomic mass is 10.0. The van der Waals surface area contributed by atoms with Gasteiger partial charge in [0, 0.05) is 24.7 Å². The minimum Gasteiger partial charge on any atom is -0.337 e. The zero-order valence-electron chi connectivity index (χ0n) is 17.4. The highest BCUT2D eigenvalue weighted by molar-refractivity contribution is 5.93. The van der Waals surface area contributed by atoms with Crippen LogP contribution in [0.25, 0.3) is 16.9 Å². The van der Waals surface area contributed by atoms with Crippen molar-refractivity contribution < 1.29 is 4.79 Å². The summed E-state index contributed by atoms with van der Waals surface area (Å²) in [7, 11) is 0. The molecule has 31 heavy (non-hydrogen) atoms. The van der Waals surface area contributed by atoms with E-state index in [1.807, 2.05) is 23.1 Å². The molecule has 1 saturated carbocycles. The van der Waals surface area contributed by atoms with Gasteiger partial charge in [-0.15, -0.1) is 0 Å². The predicted molar refractivity (Wildman–Crippen MR) is 119 cm³/mol. The molecule has 2 aliphatic rings. The molecule has 1 aromatic heterocycles. The Morgan fingerprint density at radius 1 is 1.00 bits per heavy atom. The van der Waals surface area contributed by atoms with Crippen molar-refractivity contribution in [3.05, 3.63) is 71.4 Å². The van der Waals surface area contributed by atoms with Gasteiger partial charge in [-0.25, -0.2) is 4.68 Å². The summed E-state index contributed by atoms with van der Waals surface area (Å²) in [5, 5.41) is 13.8. The maximum absolute atomic E-state index is 13.2. The van der Waals surface area contributed by atoms with Crippen molar-refractivity contribution in [3.63, 3.8) is 0 Å². The van der Waals surface area contributed by atoms with Crippen LogP contribution in [0.4, 0.5) is 0 Å². The predicted octanol–water partition coefficient (Wildman–Crippen LogP) is 3.85. The van der Waals surface area contributed by atoms with E-state index < -0.39 is 0 Å². The molecule has 2 aromatic carbocycles. The second-order valence-electron chi connectivity index (χ2n) is 8.51. The Morgan fingerprint density at radius 2 is 1.68 bits per heavy atom. The van der Waals surface area contributed by atoms with Crippen LogP contribution in [-0.2, 0) is 0 Å². The molecule has 1 aliphatic heterocycles. The molecule has 6 heteroatoms. The Bertz CT molecular complexity index is 1130. The number of carbonyl (C=O) groups is 1. The average Bonchev–Trinajstić information content (AvgIpc) is 3.57. The lowest BCUT2D eigenvalue weighted by Gasteiger charge is -2.29. The number of hydrogen-bond acceptors (Lipinski definition) is 4. The van der Waals surface area contributed by atoms with Gasteiger partial charge < -0.3 is 10.6 Å². The Balaban J connectivity index is 1.52. The highest BCUT2D eigenvalue weighted by Crippen LogP contribution is 2.40. The van der Waals surface area contributed by atoms with Crippen LogP contribution < -0.4 is 5.73 Å². The first-order valence-corrected chi connectivity index (χ1v) is 10.9. The van der Waals surface area contributed by atoms with E-state index in [1.165, 1.54) is 18.4 Å². The molecule has 1 amide bonds. The maximum Gasteiger partial charge on any atom is 0.274 e. The summed E-state index contributed by atoms with van der Waals surface area (Å²) in [5.74, 6) is 0.634. The molecule has 2 heterocycles. The molecule has 0 bridgehead atoms. The fourth-order valence-electron chi connectivity index (χ4n) is 4.17. The first-order chi connectivity index (χ1) is 15.1. The van der Waals surface area contributed by atoms with E-state index in [4.69, 9.17) is 11.0 Å². The molecule has 5 rings (SSSR count). The van der Waals surface area contributed by atoms with E-state index in [1.54, 1.807) is 16.8 Å². The van der Waals surface area contributed by atoms with Crippen molar-refractivity contribution in [2.24, 2.45) is 5.73 Å².